The molecule has 0 spiro atoms. The van der Waals surface area contributed by atoms with E-state index in [0.717, 1.165) is 44.3 Å². The minimum absolute atomic E-state index is 0.495. The van der Waals surface area contributed by atoms with E-state index in [-0.39, 0.29) is 0 Å². The number of rotatable bonds is 5. The molecule has 2 aromatic rings. The molecule has 108 valence electrons. The van der Waals surface area contributed by atoms with Gasteiger partial charge in [-0.3, -0.25) is 4.90 Å². The van der Waals surface area contributed by atoms with Crippen LogP contribution in [-0.4, -0.2) is 27.0 Å². The molecule has 2 aromatic heterocycles. The van der Waals surface area contributed by atoms with Crippen LogP contribution in [0, 0.1) is 0 Å². The molecule has 1 aliphatic rings. The van der Waals surface area contributed by atoms with Crippen LogP contribution in [0.25, 0.3) is 0 Å². The average Bonchev–Trinajstić information content (AvgIpc) is 3.04. The van der Waals surface area contributed by atoms with E-state index in [1.165, 1.54) is 5.56 Å². The van der Waals surface area contributed by atoms with Gasteiger partial charge in [0.2, 0.25) is 0 Å². The zero-order chi connectivity index (χ0) is 13.9. The van der Waals surface area contributed by atoms with Crippen LogP contribution in [0.1, 0.15) is 31.0 Å². The number of hydrogen-bond acceptors (Lipinski definition) is 4. The van der Waals surface area contributed by atoms with E-state index in [4.69, 9.17) is 4.42 Å². The highest BCUT2D eigenvalue weighted by atomic mass is 16.3. The molecule has 5 nitrogen and oxygen atoms in total. The summed E-state index contributed by atoms with van der Waals surface area (Å²) in [7, 11) is 0. The molecule has 0 aliphatic carbocycles. The molecule has 0 bridgehead atoms. The van der Waals surface area contributed by atoms with Crippen molar-refractivity contribution in [2.24, 2.45) is 0 Å². The number of aromatic nitrogens is 2. The Morgan fingerprint density at radius 2 is 2.30 bits per heavy atom. The molecule has 0 amide bonds. The normalized spacial score (nSPS) is 15.8. The molecule has 0 fully saturated rings. The quantitative estimate of drug-likeness (QED) is 0.905. The summed E-state index contributed by atoms with van der Waals surface area (Å²) in [5.74, 6) is 2.18. The van der Waals surface area contributed by atoms with Gasteiger partial charge in [-0.1, -0.05) is 13.8 Å². The maximum absolute atomic E-state index is 5.66. The second kappa shape index (κ2) is 5.81. The first-order valence-electron chi connectivity index (χ1n) is 7.23. The van der Waals surface area contributed by atoms with Gasteiger partial charge in [0.25, 0.3) is 0 Å². The highest BCUT2D eigenvalue weighted by molar-refractivity contribution is 5.13. The fraction of sp³-hybridized carbons (Fsp3) is 0.533. The lowest BCUT2D eigenvalue weighted by molar-refractivity contribution is 0.194. The van der Waals surface area contributed by atoms with E-state index in [0.29, 0.717) is 6.04 Å². The highest BCUT2D eigenvalue weighted by Crippen LogP contribution is 2.16. The molecule has 0 atom stereocenters. The third-order valence-electron chi connectivity index (χ3n) is 3.63. The van der Waals surface area contributed by atoms with Crippen molar-refractivity contribution in [2.75, 3.05) is 6.54 Å². The Kier molecular flexibility index (Phi) is 3.89. The molecule has 0 unspecified atom stereocenters. The standard InChI is InChI=1S/C15H22N4O/c1-12(2)17-8-13-7-14(20-11-13)9-18-5-6-19-4-3-16-15(19)10-18/h3-4,7,11-12,17H,5-6,8-10H2,1-2H3. The zero-order valence-corrected chi connectivity index (χ0v) is 12.2. The van der Waals surface area contributed by atoms with Crippen LogP contribution < -0.4 is 5.32 Å². The molecule has 0 aromatic carbocycles. The van der Waals surface area contributed by atoms with Crippen LogP contribution in [0.2, 0.25) is 0 Å². The first-order chi connectivity index (χ1) is 9.70. The Labute approximate surface area is 119 Å². The van der Waals surface area contributed by atoms with Crippen LogP contribution in [-0.2, 0) is 26.2 Å². The summed E-state index contributed by atoms with van der Waals surface area (Å²) in [6, 6.07) is 2.64. The van der Waals surface area contributed by atoms with Crippen molar-refractivity contribution in [1.29, 1.82) is 0 Å². The van der Waals surface area contributed by atoms with Crippen molar-refractivity contribution in [2.45, 2.75) is 46.1 Å². The molecule has 1 N–H and O–H groups in total. The molecule has 5 heteroatoms. The van der Waals surface area contributed by atoms with E-state index in [9.17, 15) is 0 Å². The molecule has 0 radical (unpaired) electrons. The predicted octanol–water partition coefficient (Wildman–Crippen LogP) is 1.99. The van der Waals surface area contributed by atoms with Crippen LogP contribution in [0.5, 0.6) is 0 Å². The summed E-state index contributed by atoms with van der Waals surface area (Å²) in [6.45, 7) is 8.97. The van der Waals surface area contributed by atoms with Crippen molar-refractivity contribution >= 4 is 0 Å². The number of nitrogens with zero attached hydrogens (tertiary/aromatic N) is 3. The summed E-state index contributed by atoms with van der Waals surface area (Å²) in [4.78, 5) is 6.76. The Balaban J connectivity index is 1.56. The zero-order valence-electron chi connectivity index (χ0n) is 12.2. The fourth-order valence-corrected chi connectivity index (χ4v) is 2.50. The fourth-order valence-electron chi connectivity index (χ4n) is 2.50. The summed E-state index contributed by atoms with van der Waals surface area (Å²) < 4.78 is 7.88. The van der Waals surface area contributed by atoms with Gasteiger partial charge in [0.05, 0.1) is 19.4 Å². The van der Waals surface area contributed by atoms with E-state index >= 15 is 0 Å². The topological polar surface area (TPSA) is 46.2 Å². The SMILES string of the molecule is CC(C)NCc1coc(CN2CCn3ccnc3C2)c1. The van der Waals surface area contributed by atoms with Gasteiger partial charge in [0.1, 0.15) is 11.6 Å². The van der Waals surface area contributed by atoms with Crippen molar-refractivity contribution in [3.63, 3.8) is 0 Å². The predicted molar refractivity (Wildman–Crippen MR) is 77.0 cm³/mol. The van der Waals surface area contributed by atoms with Crippen molar-refractivity contribution in [3.8, 4) is 0 Å². The Bertz CT molecular complexity index is 558. The number of nitrogens with one attached hydrogen (secondary N) is 1. The van der Waals surface area contributed by atoms with Gasteiger partial charge in [-0.05, 0) is 6.07 Å². The van der Waals surface area contributed by atoms with Crippen molar-refractivity contribution in [1.82, 2.24) is 19.8 Å². The summed E-state index contributed by atoms with van der Waals surface area (Å²) >= 11 is 0. The molecule has 3 heterocycles. The molecule has 3 rings (SSSR count). The third kappa shape index (κ3) is 3.11. The van der Waals surface area contributed by atoms with Gasteiger partial charge >= 0.3 is 0 Å². The Morgan fingerprint density at radius 1 is 1.40 bits per heavy atom. The maximum Gasteiger partial charge on any atom is 0.122 e. The van der Waals surface area contributed by atoms with E-state index in [1.807, 2.05) is 12.5 Å². The average molecular weight is 274 g/mol. The van der Waals surface area contributed by atoms with Crippen LogP contribution in [0.4, 0.5) is 0 Å². The smallest absolute Gasteiger partial charge is 0.122 e. The van der Waals surface area contributed by atoms with E-state index < -0.39 is 0 Å². The first-order valence-corrected chi connectivity index (χ1v) is 7.23. The van der Waals surface area contributed by atoms with Crippen molar-refractivity contribution < 1.29 is 4.42 Å². The molecule has 20 heavy (non-hydrogen) atoms. The number of hydrogen-bond donors (Lipinski definition) is 1. The van der Waals surface area contributed by atoms with Gasteiger partial charge in [-0.2, -0.15) is 0 Å². The largest absolute Gasteiger partial charge is 0.468 e. The molecular formula is C15H22N4O. The molecular weight excluding hydrogens is 252 g/mol. The van der Waals surface area contributed by atoms with Gasteiger partial charge in [0.15, 0.2) is 0 Å². The monoisotopic (exact) mass is 274 g/mol. The summed E-state index contributed by atoms with van der Waals surface area (Å²) in [5, 5.41) is 3.40. The number of furan rings is 1. The van der Waals surface area contributed by atoms with Gasteiger partial charge < -0.3 is 14.3 Å². The van der Waals surface area contributed by atoms with Gasteiger partial charge in [-0.15, -0.1) is 0 Å². The lowest BCUT2D eigenvalue weighted by Gasteiger charge is -2.26. The first kappa shape index (κ1) is 13.4. The van der Waals surface area contributed by atoms with Gasteiger partial charge in [-0.25, -0.2) is 4.98 Å². The second-order valence-corrected chi connectivity index (χ2v) is 5.70. The lowest BCUT2D eigenvalue weighted by Crippen LogP contribution is -2.33. The van der Waals surface area contributed by atoms with Gasteiger partial charge in [0, 0.05) is 43.6 Å². The van der Waals surface area contributed by atoms with E-state index in [1.54, 1.807) is 0 Å². The highest BCUT2D eigenvalue weighted by Gasteiger charge is 2.17. The summed E-state index contributed by atoms with van der Waals surface area (Å²) in [6.07, 6.45) is 5.78. The van der Waals surface area contributed by atoms with Crippen LogP contribution >= 0.6 is 0 Å². The van der Waals surface area contributed by atoms with E-state index in [2.05, 4.69) is 45.9 Å². The lowest BCUT2D eigenvalue weighted by atomic mass is 10.2. The third-order valence-corrected chi connectivity index (χ3v) is 3.63. The van der Waals surface area contributed by atoms with Crippen LogP contribution in [0.3, 0.4) is 0 Å². The maximum atomic E-state index is 5.66. The Hall–Kier alpha value is -1.59. The summed E-state index contributed by atoms with van der Waals surface area (Å²) in [5.41, 5.74) is 1.22. The van der Waals surface area contributed by atoms with Crippen LogP contribution in [0.15, 0.2) is 29.1 Å². The Morgan fingerprint density at radius 3 is 3.15 bits per heavy atom. The van der Waals surface area contributed by atoms with Crippen molar-refractivity contribution in [3.05, 3.63) is 41.9 Å². The minimum atomic E-state index is 0.495. The minimum Gasteiger partial charge on any atom is -0.468 e. The second-order valence-electron chi connectivity index (χ2n) is 5.70. The number of fused-ring (bicyclic) bond motifs is 1. The number of imidazole rings is 1. The molecule has 0 saturated carbocycles. The molecule has 0 saturated heterocycles. The molecule has 1 aliphatic heterocycles.